The number of thiophene rings is 2. The average Bonchev–Trinajstić information content (AvgIpc) is 3.46. The Balaban J connectivity index is 1.32. The first-order chi connectivity index (χ1) is 15.4. The monoisotopic (exact) mass is 473 g/mol. The molecule has 164 valence electrons. The van der Waals surface area contributed by atoms with Gasteiger partial charge in [-0.15, -0.1) is 22.7 Å². The smallest absolute Gasteiger partial charge is 0.306 e. The summed E-state index contributed by atoms with van der Waals surface area (Å²) in [5.74, 6) is 0.612. The van der Waals surface area contributed by atoms with Gasteiger partial charge in [-0.3, -0.25) is 9.69 Å². The highest BCUT2D eigenvalue weighted by molar-refractivity contribution is 7.15. The van der Waals surface area contributed by atoms with E-state index in [1.54, 1.807) is 6.07 Å². The van der Waals surface area contributed by atoms with E-state index in [2.05, 4.69) is 14.9 Å². The van der Waals surface area contributed by atoms with Gasteiger partial charge in [0, 0.05) is 35.8 Å². The molecule has 0 radical (unpaired) electrons. The maximum atomic E-state index is 13.0. The zero-order valence-corrected chi connectivity index (χ0v) is 18.4. The molecule has 5 rings (SSSR count). The predicted molar refractivity (Wildman–Crippen MR) is 121 cm³/mol. The third kappa shape index (κ3) is 4.28. The number of halogens is 3. The Morgan fingerprint density at radius 3 is 2.75 bits per heavy atom. The third-order valence-electron chi connectivity index (χ3n) is 5.42. The number of H-pyrrole nitrogens is 1. The molecule has 3 aromatic heterocycles. The van der Waals surface area contributed by atoms with Crippen LogP contribution in [0.3, 0.4) is 0 Å². The van der Waals surface area contributed by atoms with E-state index in [1.165, 1.54) is 34.8 Å². The van der Waals surface area contributed by atoms with Crippen molar-refractivity contribution < 1.29 is 13.2 Å². The van der Waals surface area contributed by atoms with E-state index in [9.17, 15) is 18.0 Å². The standard InChI is InChI=1S/C23H18F3N3OS2/c24-23(25,26)15-4-1-3-14(11-15)19-7-6-16(32-19)12-29-9-8-18-17(13-29)22(30)28-21(27-18)20-5-2-10-31-20/h1-7,10-11H,8-9,12-13H2,(H,27,28,30). The van der Waals surface area contributed by atoms with Crippen molar-refractivity contribution in [3.05, 3.63) is 86.0 Å². The highest BCUT2D eigenvalue weighted by Crippen LogP contribution is 2.35. The van der Waals surface area contributed by atoms with Gasteiger partial charge in [0.25, 0.3) is 5.56 Å². The number of hydrogen-bond donors (Lipinski definition) is 1. The summed E-state index contributed by atoms with van der Waals surface area (Å²) in [6, 6.07) is 13.1. The number of nitrogens with zero attached hydrogens (tertiary/aromatic N) is 2. The topological polar surface area (TPSA) is 49.0 Å². The largest absolute Gasteiger partial charge is 0.416 e. The fourth-order valence-electron chi connectivity index (χ4n) is 3.83. The van der Waals surface area contributed by atoms with Gasteiger partial charge in [0.2, 0.25) is 0 Å². The zero-order chi connectivity index (χ0) is 22.3. The molecule has 0 saturated heterocycles. The average molecular weight is 474 g/mol. The molecule has 0 fully saturated rings. The van der Waals surface area contributed by atoms with Crippen LogP contribution in [0.2, 0.25) is 0 Å². The summed E-state index contributed by atoms with van der Waals surface area (Å²) >= 11 is 3.01. The second-order valence-electron chi connectivity index (χ2n) is 7.62. The molecule has 32 heavy (non-hydrogen) atoms. The molecule has 0 bridgehead atoms. The molecule has 0 amide bonds. The molecule has 0 atom stereocenters. The van der Waals surface area contributed by atoms with Gasteiger partial charge < -0.3 is 4.98 Å². The minimum Gasteiger partial charge on any atom is -0.306 e. The number of fused-ring (bicyclic) bond motifs is 1. The lowest BCUT2D eigenvalue weighted by Crippen LogP contribution is -2.35. The molecular formula is C23H18F3N3OS2. The number of alkyl halides is 3. The van der Waals surface area contributed by atoms with Crippen molar-refractivity contribution in [1.82, 2.24) is 14.9 Å². The molecule has 4 nitrogen and oxygen atoms in total. The molecule has 0 spiro atoms. The normalized spacial score (nSPS) is 14.5. The summed E-state index contributed by atoms with van der Waals surface area (Å²) < 4.78 is 39.1. The van der Waals surface area contributed by atoms with Crippen LogP contribution in [0.1, 0.15) is 21.7 Å². The Hall–Kier alpha value is -2.75. The maximum absolute atomic E-state index is 13.0. The van der Waals surface area contributed by atoms with Crippen LogP contribution in [-0.4, -0.2) is 21.4 Å². The molecule has 0 aliphatic carbocycles. The maximum Gasteiger partial charge on any atom is 0.416 e. The highest BCUT2D eigenvalue weighted by Gasteiger charge is 2.30. The van der Waals surface area contributed by atoms with Crippen LogP contribution >= 0.6 is 22.7 Å². The minimum absolute atomic E-state index is 0.112. The lowest BCUT2D eigenvalue weighted by Gasteiger charge is -2.27. The number of hydrogen-bond acceptors (Lipinski definition) is 5. The van der Waals surface area contributed by atoms with E-state index in [0.29, 0.717) is 36.5 Å². The first-order valence-electron chi connectivity index (χ1n) is 10.0. The van der Waals surface area contributed by atoms with Gasteiger partial charge in [-0.1, -0.05) is 18.2 Å². The van der Waals surface area contributed by atoms with Crippen molar-refractivity contribution in [2.75, 3.05) is 6.54 Å². The molecule has 4 heterocycles. The predicted octanol–water partition coefficient (Wildman–Crippen LogP) is 5.80. The van der Waals surface area contributed by atoms with Gasteiger partial charge in [0.05, 0.1) is 21.7 Å². The first-order valence-corrected chi connectivity index (χ1v) is 11.7. The van der Waals surface area contributed by atoms with Gasteiger partial charge in [0.15, 0.2) is 5.82 Å². The molecule has 1 aliphatic heterocycles. The van der Waals surface area contributed by atoms with Crippen LogP contribution in [0.5, 0.6) is 0 Å². The molecule has 1 aromatic carbocycles. The van der Waals surface area contributed by atoms with Crippen LogP contribution in [0.4, 0.5) is 13.2 Å². The quantitative estimate of drug-likeness (QED) is 0.407. The van der Waals surface area contributed by atoms with Crippen LogP contribution in [0, 0.1) is 0 Å². The fraction of sp³-hybridized carbons (Fsp3) is 0.217. The Morgan fingerprint density at radius 2 is 1.97 bits per heavy atom. The summed E-state index contributed by atoms with van der Waals surface area (Å²) in [7, 11) is 0. The number of nitrogens with one attached hydrogen (secondary N) is 1. The van der Waals surface area contributed by atoms with Crippen molar-refractivity contribution in [1.29, 1.82) is 0 Å². The first kappa shape index (κ1) is 21.1. The van der Waals surface area contributed by atoms with Crippen molar-refractivity contribution in [2.45, 2.75) is 25.7 Å². The van der Waals surface area contributed by atoms with Gasteiger partial charge in [-0.05, 0) is 41.3 Å². The second-order valence-corrected chi connectivity index (χ2v) is 9.74. The zero-order valence-electron chi connectivity index (χ0n) is 16.8. The van der Waals surface area contributed by atoms with Gasteiger partial charge >= 0.3 is 6.18 Å². The lowest BCUT2D eigenvalue weighted by atomic mass is 10.1. The van der Waals surface area contributed by atoms with Gasteiger partial charge in [0.1, 0.15) is 0 Å². The van der Waals surface area contributed by atoms with E-state index in [-0.39, 0.29) is 5.56 Å². The number of rotatable bonds is 4. The van der Waals surface area contributed by atoms with Crippen LogP contribution in [0.25, 0.3) is 21.1 Å². The molecule has 0 saturated carbocycles. The van der Waals surface area contributed by atoms with Crippen molar-refractivity contribution in [2.24, 2.45) is 0 Å². The number of aromatic nitrogens is 2. The summed E-state index contributed by atoms with van der Waals surface area (Å²) in [4.78, 5) is 25.2. The second kappa shape index (κ2) is 8.31. The Labute approximate surface area is 190 Å². The molecule has 1 aliphatic rings. The van der Waals surface area contributed by atoms with Crippen LogP contribution in [0.15, 0.2) is 58.7 Å². The Morgan fingerprint density at radius 1 is 1.09 bits per heavy atom. The Bertz CT molecular complexity index is 1310. The van der Waals surface area contributed by atoms with Crippen molar-refractivity contribution >= 4 is 22.7 Å². The summed E-state index contributed by atoms with van der Waals surface area (Å²) in [5.41, 5.74) is 1.32. The van der Waals surface area contributed by atoms with E-state index in [0.717, 1.165) is 32.9 Å². The highest BCUT2D eigenvalue weighted by atomic mass is 32.1. The van der Waals surface area contributed by atoms with Crippen LogP contribution in [-0.2, 0) is 25.7 Å². The third-order valence-corrected chi connectivity index (χ3v) is 7.41. The molecular weight excluding hydrogens is 455 g/mol. The van der Waals surface area contributed by atoms with Crippen LogP contribution < -0.4 is 5.56 Å². The summed E-state index contributed by atoms with van der Waals surface area (Å²) in [5, 5.41) is 1.95. The SMILES string of the molecule is O=c1[nH]c(-c2cccs2)nc2c1CN(Cc1ccc(-c3cccc(C(F)(F)F)c3)s1)CC2. The molecule has 0 unspecified atom stereocenters. The van der Waals surface area contributed by atoms with Gasteiger partial charge in [-0.25, -0.2) is 4.98 Å². The van der Waals surface area contributed by atoms with Gasteiger partial charge in [-0.2, -0.15) is 13.2 Å². The summed E-state index contributed by atoms with van der Waals surface area (Å²) in [6.45, 7) is 1.90. The molecule has 1 N–H and O–H groups in total. The molecule has 9 heteroatoms. The number of benzene rings is 1. The summed E-state index contributed by atoms with van der Waals surface area (Å²) in [6.07, 6.45) is -3.68. The molecule has 4 aromatic rings. The van der Waals surface area contributed by atoms with E-state index in [4.69, 9.17) is 0 Å². The number of aromatic amines is 1. The van der Waals surface area contributed by atoms with E-state index >= 15 is 0 Å². The van der Waals surface area contributed by atoms with E-state index in [1.807, 2.05) is 29.6 Å². The lowest BCUT2D eigenvalue weighted by molar-refractivity contribution is -0.137. The fourth-order valence-corrected chi connectivity index (χ4v) is 5.55. The van der Waals surface area contributed by atoms with Crippen molar-refractivity contribution in [3.8, 4) is 21.1 Å². The Kier molecular flexibility index (Phi) is 5.48. The minimum atomic E-state index is -4.36. The van der Waals surface area contributed by atoms with Crippen molar-refractivity contribution in [3.63, 3.8) is 0 Å². The van der Waals surface area contributed by atoms with E-state index < -0.39 is 11.7 Å².